The number of amides is 1. The highest BCUT2D eigenvalue weighted by Gasteiger charge is 2.28. The number of rotatable bonds is 10. The first-order valence-electron chi connectivity index (χ1n) is 9.37. The van der Waals surface area contributed by atoms with Crippen molar-refractivity contribution < 1.29 is 17.9 Å². The van der Waals surface area contributed by atoms with Crippen molar-refractivity contribution in [2.24, 2.45) is 0 Å². The molecule has 2 aromatic rings. The number of anilines is 1. The molecule has 0 aromatic heterocycles. The number of hydrogen-bond acceptors (Lipinski definition) is 4. The number of para-hydroxylation sites is 1. The molecular formula is C21H28N2O4S. The Morgan fingerprint density at radius 3 is 2.32 bits per heavy atom. The van der Waals surface area contributed by atoms with Crippen LogP contribution in [-0.4, -0.2) is 39.8 Å². The van der Waals surface area contributed by atoms with Crippen LogP contribution in [0.3, 0.4) is 0 Å². The Morgan fingerprint density at radius 1 is 1.11 bits per heavy atom. The summed E-state index contributed by atoms with van der Waals surface area (Å²) in [6.45, 7) is 4.29. The molecule has 0 bridgehead atoms. The highest BCUT2D eigenvalue weighted by atomic mass is 32.2. The van der Waals surface area contributed by atoms with Gasteiger partial charge in [0.2, 0.25) is 15.9 Å². The van der Waals surface area contributed by atoms with Gasteiger partial charge in [-0.05, 0) is 43.2 Å². The molecule has 7 heteroatoms. The number of hydrogen-bond donors (Lipinski definition) is 1. The van der Waals surface area contributed by atoms with E-state index in [1.807, 2.05) is 24.3 Å². The van der Waals surface area contributed by atoms with Crippen LogP contribution < -0.4 is 14.4 Å². The van der Waals surface area contributed by atoms with Crippen LogP contribution in [0.1, 0.15) is 25.8 Å². The number of benzene rings is 2. The Kier molecular flexibility index (Phi) is 7.87. The van der Waals surface area contributed by atoms with Gasteiger partial charge in [-0.3, -0.25) is 9.10 Å². The zero-order chi connectivity index (χ0) is 20.6. The average Bonchev–Trinajstić information content (AvgIpc) is 2.66. The first-order valence-corrected chi connectivity index (χ1v) is 11.2. The number of carbonyl (C=O) groups excluding carboxylic acids is 1. The molecule has 0 saturated heterocycles. The van der Waals surface area contributed by atoms with E-state index in [0.717, 1.165) is 29.2 Å². The lowest BCUT2D eigenvalue weighted by Crippen LogP contribution is -2.48. The molecule has 2 rings (SSSR count). The lowest BCUT2D eigenvalue weighted by Gasteiger charge is -2.28. The molecular weight excluding hydrogens is 376 g/mol. The topological polar surface area (TPSA) is 75.7 Å². The van der Waals surface area contributed by atoms with Crippen LogP contribution in [-0.2, 0) is 21.2 Å². The molecule has 0 heterocycles. The summed E-state index contributed by atoms with van der Waals surface area (Å²) in [7, 11) is -3.60. The zero-order valence-corrected chi connectivity index (χ0v) is 17.4. The first kappa shape index (κ1) is 21.8. The molecule has 0 saturated carbocycles. The molecule has 0 spiro atoms. The molecule has 1 atom stereocenters. The molecule has 1 amide bonds. The van der Waals surface area contributed by atoms with E-state index in [1.54, 1.807) is 37.3 Å². The predicted molar refractivity (Wildman–Crippen MR) is 112 cm³/mol. The van der Waals surface area contributed by atoms with E-state index in [0.29, 0.717) is 12.3 Å². The summed E-state index contributed by atoms with van der Waals surface area (Å²) in [6, 6.07) is 15.6. The normalized spacial score (nSPS) is 12.2. The monoisotopic (exact) mass is 404 g/mol. The van der Waals surface area contributed by atoms with Crippen LogP contribution in [0.15, 0.2) is 54.6 Å². The molecule has 0 aliphatic carbocycles. The second-order valence-corrected chi connectivity index (χ2v) is 8.46. The zero-order valence-electron chi connectivity index (χ0n) is 16.6. The summed E-state index contributed by atoms with van der Waals surface area (Å²) in [4.78, 5) is 12.5. The molecule has 152 valence electrons. The van der Waals surface area contributed by atoms with Gasteiger partial charge in [0.25, 0.3) is 0 Å². The van der Waals surface area contributed by atoms with E-state index in [4.69, 9.17) is 4.74 Å². The lowest BCUT2D eigenvalue weighted by molar-refractivity contribution is -0.121. The van der Waals surface area contributed by atoms with Gasteiger partial charge in [-0.25, -0.2) is 8.42 Å². The maximum Gasteiger partial charge on any atom is 0.243 e. The Hall–Kier alpha value is -2.54. The summed E-state index contributed by atoms with van der Waals surface area (Å²) in [5, 5.41) is 2.74. The quantitative estimate of drug-likeness (QED) is 0.618. The summed E-state index contributed by atoms with van der Waals surface area (Å²) in [6.07, 6.45) is 3.22. The standard InChI is InChI=1S/C21H28N2O4S/c1-4-8-18-11-13-20(14-12-18)27-16-15-22-21(24)17(2)23(28(3,25)26)19-9-6-5-7-10-19/h5-7,9-14,17H,4,8,15-16H2,1-3H3,(H,22,24). The predicted octanol–water partition coefficient (Wildman–Crippen LogP) is 2.99. The van der Waals surface area contributed by atoms with Crippen molar-refractivity contribution in [2.75, 3.05) is 23.7 Å². The van der Waals surface area contributed by atoms with Crippen molar-refractivity contribution in [1.29, 1.82) is 0 Å². The number of nitrogens with one attached hydrogen (secondary N) is 1. The third-order valence-electron chi connectivity index (χ3n) is 4.23. The molecule has 6 nitrogen and oxygen atoms in total. The molecule has 0 aliphatic heterocycles. The second kappa shape index (κ2) is 10.1. The van der Waals surface area contributed by atoms with Gasteiger partial charge in [-0.1, -0.05) is 43.7 Å². The van der Waals surface area contributed by atoms with Crippen LogP contribution in [0.5, 0.6) is 5.75 Å². The largest absolute Gasteiger partial charge is 0.492 e. The third-order valence-corrected chi connectivity index (χ3v) is 5.47. The smallest absolute Gasteiger partial charge is 0.243 e. The number of sulfonamides is 1. The van der Waals surface area contributed by atoms with Crippen LogP contribution in [0, 0.1) is 0 Å². The van der Waals surface area contributed by atoms with E-state index in [2.05, 4.69) is 12.2 Å². The number of aryl methyl sites for hydroxylation is 1. The van der Waals surface area contributed by atoms with Crippen LogP contribution in [0.4, 0.5) is 5.69 Å². The fraction of sp³-hybridized carbons (Fsp3) is 0.381. The molecule has 1 N–H and O–H groups in total. The van der Waals surface area contributed by atoms with Gasteiger partial charge in [-0.15, -0.1) is 0 Å². The summed E-state index contributed by atoms with van der Waals surface area (Å²) in [5.74, 6) is 0.361. The van der Waals surface area contributed by atoms with Gasteiger partial charge >= 0.3 is 0 Å². The van der Waals surface area contributed by atoms with Crippen LogP contribution in [0.2, 0.25) is 0 Å². The van der Waals surface area contributed by atoms with Gasteiger partial charge in [0.05, 0.1) is 18.5 Å². The van der Waals surface area contributed by atoms with Crippen molar-refractivity contribution in [3.05, 3.63) is 60.2 Å². The first-order chi connectivity index (χ1) is 13.3. The maximum absolute atomic E-state index is 12.5. The van der Waals surface area contributed by atoms with E-state index < -0.39 is 16.1 Å². The Bertz CT molecular complexity index is 852. The molecule has 1 unspecified atom stereocenters. The van der Waals surface area contributed by atoms with Gasteiger partial charge in [0.1, 0.15) is 18.4 Å². The second-order valence-electron chi connectivity index (χ2n) is 6.60. The maximum atomic E-state index is 12.5. The SMILES string of the molecule is CCCc1ccc(OCCNC(=O)C(C)N(c2ccccc2)S(C)(=O)=O)cc1. The minimum atomic E-state index is -3.60. The van der Waals surface area contributed by atoms with E-state index in [1.165, 1.54) is 5.56 Å². The van der Waals surface area contributed by atoms with E-state index in [-0.39, 0.29) is 12.5 Å². The van der Waals surface area contributed by atoms with Crippen molar-refractivity contribution in [1.82, 2.24) is 5.32 Å². The van der Waals surface area contributed by atoms with Crippen LogP contribution >= 0.6 is 0 Å². The Morgan fingerprint density at radius 2 is 1.75 bits per heavy atom. The Balaban J connectivity index is 1.89. The number of ether oxygens (including phenoxy) is 1. The Labute approximate surface area is 167 Å². The fourth-order valence-corrected chi connectivity index (χ4v) is 4.09. The van der Waals surface area contributed by atoms with Crippen molar-refractivity contribution in [3.8, 4) is 5.75 Å². The summed E-state index contributed by atoms with van der Waals surface area (Å²) < 4.78 is 31.1. The number of carbonyl (C=O) groups is 1. The molecule has 28 heavy (non-hydrogen) atoms. The lowest BCUT2D eigenvalue weighted by atomic mass is 10.1. The highest BCUT2D eigenvalue weighted by molar-refractivity contribution is 7.92. The average molecular weight is 405 g/mol. The summed E-state index contributed by atoms with van der Waals surface area (Å²) in [5.41, 5.74) is 1.72. The van der Waals surface area contributed by atoms with Gasteiger partial charge in [0, 0.05) is 0 Å². The molecule has 0 aliphatic rings. The van der Waals surface area contributed by atoms with E-state index >= 15 is 0 Å². The fourth-order valence-electron chi connectivity index (χ4n) is 2.92. The molecule has 0 fully saturated rings. The van der Waals surface area contributed by atoms with Crippen molar-refractivity contribution >= 4 is 21.6 Å². The summed E-state index contributed by atoms with van der Waals surface area (Å²) >= 11 is 0. The number of nitrogens with zero attached hydrogens (tertiary/aromatic N) is 1. The third kappa shape index (κ3) is 6.27. The highest BCUT2D eigenvalue weighted by Crippen LogP contribution is 2.20. The van der Waals surface area contributed by atoms with Crippen molar-refractivity contribution in [2.45, 2.75) is 32.7 Å². The minimum absolute atomic E-state index is 0.284. The van der Waals surface area contributed by atoms with Crippen LogP contribution in [0.25, 0.3) is 0 Å². The van der Waals surface area contributed by atoms with Gasteiger partial charge in [0.15, 0.2) is 0 Å². The minimum Gasteiger partial charge on any atom is -0.492 e. The van der Waals surface area contributed by atoms with Crippen molar-refractivity contribution in [3.63, 3.8) is 0 Å². The molecule has 2 aromatic carbocycles. The molecule has 0 radical (unpaired) electrons. The van der Waals surface area contributed by atoms with Gasteiger partial charge < -0.3 is 10.1 Å². The van der Waals surface area contributed by atoms with E-state index in [9.17, 15) is 13.2 Å². The van der Waals surface area contributed by atoms with Gasteiger partial charge in [-0.2, -0.15) is 0 Å².